The summed E-state index contributed by atoms with van der Waals surface area (Å²) in [6.45, 7) is 2.05. The molecule has 1 aliphatic rings. The summed E-state index contributed by atoms with van der Waals surface area (Å²) in [5.74, 6) is -0.269. The van der Waals surface area contributed by atoms with Gasteiger partial charge in [-0.3, -0.25) is 9.69 Å². The van der Waals surface area contributed by atoms with Crippen LogP contribution in [0.2, 0.25) is 0 Å². The van der Waals surface area contributed by atoms with Gasteiger partial charge in [-0.2, -0.15) is 0 Å². The van der Waals surface area contributed by atoms with Crippen LogP contribution in [0.4, 0.5) is 0 Å². The highest BCUT2D eigenvalue weighted by molar-refractivity contribution is 5.87. The van der Waals surface area contributed by atoms with E-state index in [1.807, 2.05) is 18.3 Å². The Labute approximate surface area is 138 Å². The first-order chi connectivity index (χ1) is 11.1. The first-order valence-corrected chi connectivity index (χ1v) is 8.70. The average Bonchev–Trinajstić information content (AvgIpc) is 3.01. The van der Waals surface area contributed by atoms with Crippen LogP contribution in [0.5, 0.6) is 0 Å². The van der Waals surface area contributed by atoms with Gasteiger partial charge in [0.1, 0.15) is 0 Å². The van der Waals surface area contributed by atoms with Gasteiger partial charge in [-0.05, 0) is 43.8 Å². The Morgan fingerprint density at radius 1 is 1.26 bits per heavy atom. The minimum absolute atomic E-state index is 0.269. The smallest absolute Gasteiger partial charge is 0.258 e. The van der Waals surface area contributed by atoms with Gasteiger partial charge in [-0.1, -0.05) is 44.4 Å². The summed E-state index contributed by atoms with van der Waals surface area (Å²) in [6, 6.07) is 10.7. The molecule has 2 aromatic rings. The maximum Gasteiger partial charge on any atom is 0.258 e. The average molecular weight is 313 g/mol. The zero-order valence-corrected chi connectivity index (χ0v) is 14.2. The Morgan fingerprint density at radius 2 is 1.96 bits per heavy atom. The third-order valence-corrected chi connectivity index (χ3v) is 5.59. The van der Waals surface area contributed by atoms with Gasteiger partial charge in [0.05, 0.1) is 5.52 Å². The second-order valence-electron chi connectivity index (χ2n) is 6.68. The molecule has 2 N–H and O–H groups in total. The van der Waals surface area contributed by atoms with Gasteiger partial charge < -0.3 is 10.3 Å². The zero-order valence-electron chi connectivity index (χ0n) is 14.2. The van der Waals surface area contributed by atoms with Gasteiger partial charge in [-0.25, -0.2) is 0 Å². The largest absolute Gasteiger partial charge is 0.366 e. The number of carbonyl (C=O) groups is 1. The van der Waals surface area contributed by atoms with E-state index in [9.17, 15) is 4.79 Å². The van der Waals surface area contributed by atoms with Crippen LogP contribution in [0.3, 0.4) is 0 Å². The molecule has 1 saturated carbocycles. The molecule has 0 spiro atoms. The van der Waals surface area contributed by atoms with Crippen molar-refractivity contribution in [2.45, 2.75) is 57.2 Å². The van der Waals surface area contributed by atoms with E-state index < -0.39 is 5.66 Å². The van der Waals surface area contributed by atoms with Crippen LogP contribution >= 0.6 is 0 Å². The molecule has 1 fully saturated rings. The van der Waals surface area contributed by atoms with E-state index in [2.05, 4.69) is 41.6 Å². The number of primary amides is 1. The van der Waals surface area contributed by atoms with E-state index >= 15 is 0 Å². The van der Waals surface area contributed by atoms with Crippen LogP contribution in [-0.4, -0.2) is 28.5 Å². The van der Waals surface area contributed by atoms with Crippen LogP contribution in [0.25, 0.3) is 10.9 Å². The number of aromatic nitrogens is 1. The maximum absolute atomic E-state index is 12.6. The summed E-state index contributed by atoms with van der Waals surface area (Å²) in [7, 11) is 2.07. The second kappa shape index (κ2) is 6.36. The summed E-state index contributed by atoms with van der Waals surface area (Å²) in [5.41, 5.74) is 6.24. The molecule has 1 heterocycles. The fourth-order valence-electron chi connectivity index (χ4n) is 4.23. The van der Waals surface area contributed by atoms with Crippen molar-refractivity contribution in [2.24, 2.45) is 5.73 Å². The van der Waals surface area contributed by atoms with Gasteiger partial charge in [0.25, 0.3) is 5.91 Å². The van der Waals surface area contributed by atoms with Crippen LogP contribution in [-0.2, 0) is 10.5 Å². The number of benzene rings is 1. The number of fused-ring (bicyclic) bond motifs is 1. The molecule has 4 heteroatoms. The third-order valence-electron chi connectivity index (χ3n) is 5.59. The SMILES string of the molecule is CCC(C(N)=O)(N(C)C1CCCCC1)n1ccc2ccccc21. The standard InChI is InChI=1S/C19H27N3O/c1-3-19(18(20)23,21(2)16-10-5-4-6-11-16)22-14-13-15-9-7-8-12-17(15)22/h7-9,12-14,16H,3-6,10-11H2,1-2H3,(H2,20,23). The highest BCUT2D eigenvalue weighted by Gasteiger charge is 2.44. The van der Waals surface area contributed by atoms with Gasteiger partial charge >= 0.3 is 0 Å². The van der Waals surface area contributed by atoms with Crippen LogP contribution in [0.1, 0.15) is 45.4 Å². The zero-order chi connectivity index (χ0) is 16.4. The van der Waals surface area contributed by atoms with Crippen molar-refractivity contribution in [3.8, 4) is 0 Å². The molecule has 0 aliphatic heterocycles. The number of amides is 1. The lowest BCUT2D eigenvalue weighted by Crippen LogP contribution is -2.60. The normalized spacial score (nSPS) is 19.1. The molecule has 1 aliphatic carbocycles. The van der Waals surface area contributed by atoms with Gasteiger partial charge in [-0.15, -0.1) is 0 Å². The fraction of sp³-hybridized carbons (Fsp3) is 0.526. The number of likely N-dealkylation sites (N-methyl/N-ethyl adjacent to an activating group) is 1. The van der Waals surface area contributed by atoms with Gasteiger partial charge in [0.2, 0.25) is 0 Å². The Hall–Kier alpha value is -1.81. The van der Waals surface area contributed by atoms with Crippen LogP contribution < -0.4 is 5.73 Å². The molecule has 0 radical (unpaired) electrons. The molecule has 0 saturated heterocycles. The Balaban J connectivity index is 2.11. The first-order valence-electron chi connectivity index (χ1n) is 8.70. The van der Waals surface area contributed by atoms with Crippen molar-refractivity contribution < 1.29 is 4.79 Å². The molecule has 4 nitrogen and oxygen atoms in total. The van der Waals surface area contributed by atoms with Gasteiger partial charge in [0, 0.05) is 12.2 Å². The van der Waals surface area contributed by atoms with Gasteiger partial charge in [0.15, 0.2) is 5.66 Å². The fourth-order valence-corrected chi connectivity index (χ4v) is 4.23. The molecule has 23 heavy (non-hydrogen) atoms. The molecule has 1 aromatic carbocycles. The quantitative estimate of drug-likeness (QED) is 0.919. The second-order valence-corrected chi connectivity index (χ2v) is 6.68. The Morgan fingerprint density at radius 3 is 2.61 bits per heavy atom. The van der Waals surface area contributed by atoms with E-state index in [1.165, 1.54) is 19.3 Å². The summed E-state index contributed by atoms with van der Waals surface area (Å²) < 4.78 is 2.08. The summed E-state index contributed by atoms with van der Waals surface area (Å²) in [5, 5.41) is 1.14. The third kappa shape index (κ3) is 2.55. The summed E-state index contributed by atoms with van der Waals surface area (Å²) in [6.07, 6.45) is 8.73. The predicted octanol–water partition coefficient (Wildman–Crippen LogP) is 3.45. The van der Waals surface area contributed by atoms with Crippen molar-refractivity contribution in [3.63, 3.8) is 0 Å². The number of para-hydroxylation sites is 1. The minimum atomic E-state index is -0.800. The lowest BCUT2D eigenvalue weighted by molar-refractivity contribution is -0.139. The number of carbonyl (C=O) groups excluding carboxylic acids is 1. The van der Waals surface area contributed by atoms with Crippen LogP contribution in [0, 0.1) is 0 Å². The van der Waals surface area contributed by atoms with Crippen LogP contribution in [0.15, 0.2) is 36.5 Å². The number of nitrogens with two attached hydrogens (primary N) is 1. The Kier molecular flexibility index (Phi) is 4.44. The van der Waals surface area contributed by atoms with E-state index in [4.69, 9.17) is 5.73 Å². The number of rotatable bonds is 5. The highest BCUT2D eigenvalue weighted by atomic mass is 16.2. The van der Waals surface area contributed by atoms with E-state index in [1.54, 1.807) is 0 Å². The molecular weight excluding hydrogens is 286 g/mol. The maximum atomic E-state index is 12.6. The van der Waals surface area contributed by atoms with E-state index in [-0.39, 0.29) is 5.91 Å². The minimum Gasteiger partial charge on any atom is -0.366 e. The van der Waals surface area contributed by atoms with Crippen molar-refractivity contribution in [3.05, 3.63) is 36.5 Å². The lowest BCUT2D eigenvalue weighted by Gasteiger charge is -2.45. The molecule has 0 bridgehead atoms. The number of hydrogen-bond donors (Lipinski definition) is 1. The van der Waals surface area contributed by atoms with Crippen molar-refractivity contribution in [2.75, 3.05) is 7.05 Å². The molecule has 124 valence electrons. The van der Waals surface area contributed by atoms with E-state index in [0.29, 0.717) is 12.5 Å². The first kappa shape index (κ1) is 16.1. The van der Waals surface area contributed by atoms with Crippen molar-refractivity contribution in [1.29, 1.82) is 0 Å². The van der Waals surface area contributed by atoms with Crippen molar-refractivity contribution >= 4 is 16.8 Å². The van der Waals surface area contributed by atoms with E-state index in [0.717, 1.165) is 23.7 Å². The molecule has 1 unspecified atom stereocenters. The summed E-state index contributed by atoms with van der Waals surface area (Å²) >= 11 is 0. The molecule has 1 amide bonds. The summed E-state index contributed by atoms with van der Waals surface area (Å²) in [4.78, 5) is 14.9. The molecule has 3 rings (SSSR count). The highest BCUT2D eigenvalue weighted by Crippen LogP contribution is 2.35. The molecular formula is C19H27N3O. The topological polar surface area (TPSA) is 51.3 Å². The number of nitrogens with zero attached hydrogens (tertiary/aromatic N) is 2. The monoisotopic (exact) mass is 313 g/mol. The predicted molar refractivity (Wildman–Crippen MR) is 94.0 cm³/mol. The molecule has 1 aromatic heterocycles. The number of hydrogen-bond acceptors (Lipinski definition) is 2. The lowest BCUT2D eigenvalue weighted by atomic mass is 9.91. The molecule has 1 atom stereocenters. The Bertz CT molecular complexity index is 687. The van der Waals surface area contributed by atoms with Crippen molar-refractivity contribution in [1.82, 2.24) is 9.47 Å².